The third-order valence-electron chi connectivity index (χ3n) is 5.60. The van der Waals surface area contributed by atoms with E-state index < -0.39 is 0 Å². The van der Waals surface area contributed by atoms with Crippen LogP contribution >= 0.6 is 0 Å². The van der Waals surface area contributed by atoms with Crippen LogP contribution in [0, 0.1) is 6.92 Å². The number of aryl methyl sites for hydroxylation is 2. The van der Waals surface area contributed by atoms with Gasteiger partial charge in [0.2, 0.25) is 0 Å². The lowest BCUT2D eigenvalue weighted by Gasteiger charge is -2.21. The average molecular weight is 432 g/mol. The first kappa shape index (κ1) is 23.4. The van der Waals surface area contributed by atoms with Crippen LogP contribution in [0.2, 0.25) is 0 Å². The van der Waals surface area contributed by atoms with Crippen molar-refractivity contribution in [3.8, 4) is 16.9 Å². The highest BCUT2D eigenvalue weighted by Crippen LogP contribution is 2.27. The molecular formula is C28H33NO3. The van der Waals surface area contributed by atoms with Crippen molar-refractivity contribution in [2.24, 2.45) is 0 Å². The first-order chi connectivity index (χ1) is 15.5. The molecule has 3 rings (SSSR count). The number of anilines is 1. The lowest BCUT2D eigenvalue weighted by molar-refractivity contribution is -0.140. The smallest absolute Gasteiger partial charge is 0.305 e. The summed E-state index contributed by atoms with van der Waals surface area (Å²) in [5.41, 5.74) is 7.19. The lowest BCUT2D eigenvalue weighted by atomic mass is 10.0. The second-order valence-corrected chi connectivity index (χ2v) is 8.13. The van der Waals surface area contributed by atoms with E-state index in [-0.39, 0.29) is 5.97 Å². The number of ether oxygens (including phenoxy) is 2. The number of nitrogens with zero attached hydrogens (tertiary/aromatic N) is 1. The van der Waals surface area contributed by atoms with Gasteiger partial charge in [-0.15, -0.1) is 0 Å². The van der Waals surface area contributed by atoms with E-state index in [9.17, 15) is 4.79 Å². The van der Waals surface area contributed by atoms with Crippen LogP contribution in [-0.4, -0.2) is 26.7 Å². The summed E-state index contributed by atoms with van der Waals surface area (Å²) in [5, 5.41) is 0. The van der Waals surface area contributed by atoms with Crippen LogP contribution in [-0.2, 0) is 22.6 Å². The third kappa shape index (κ3) is 6.36. The minimum absolute atomic E-state index is 0.192. The van der Waals surface area contributed by atoms with Gasteiger partial charge in [0.25, 0.3) is 0 Å². The van der Waals surface area contributed by atoms with Crippen molar-refractivity contribution in [1.29, 1.82) is 0 Å². The topological polar surface area (TPSA) is 38.8 Å². The Labute approximate surface area is 191 Å². The Balaban J connectivity index is 1.63. The largest absolute Gasteiger partial charge is 0.489 e. The highest BCUT2D eigenvalue weighted by atomic mass is 16.5. The minimum atomic E-state index is -0.192. The van der Waals surface area contributed by atoms with Crippen LogP contribution in [0.4, 0.5) is 5.69 Å². The number of rotatable bonds is 10. The molecule has 0 N–H and O–H groups in total. The molecule has 4 heteroatoms. The van der Waals surface area contributed by atoms with Gasteiger partial charge in [0, 0.05) is 25.7 Å². The Morgan fingerprint density at radius 1 is 0.938 bits per heavy atom. The second-order valence-electron chi connectivity index (χ2n) is 8.13. The van der Waals surface area contributed by atoms with Crippen molar-refractivity contribution in [2.75, 3.05) is 25.6 Å². The van der Waals surface area contributed by atoms with E-state index in [4.69, 9.17) is 9.47 Å². The maximum atomic E-state index is 11.3. The molecule has 0 aliphatic rings. The molecule has 0 heterocycles. The summed E-state index contributed by atoms with van der Waals surface area (Å²) in [7, 11) is 3.56. The molecular weight excluding hydrogens is 398 g/mol. The van der Waals surface area contributed by atoms with Crippen molar-refractivity contribution in [3.63, 3.8) is 0 Å². The zero-order chi connectivity index (χ0) is 22.9. The minimum Gasteiger partial charge on any atom is -0.489 e. The fourth-order valence-electron chi connectivity index (χ4n) is 3.83. The van der Waals surface area contributed by atoms with Gasteiger partial charge < -0.3 is 14.4 Å². The Hall–Kier alpha value is -3.27. The Morgan fingerprint density at radius 3 is 2.38 bits per heavy atom. The summed E-state index contributed by atoms with van der Waals surface area (Å²) in [5.74, 6) is 0.624. The SMILES string of the molecule is CCCN(C)c1ccc(-c2cccc(COc3ccc(CCC(=O)OC)cc3)c2)cc1C. The molecule has 168 valence electrons. The monoisotopic (exact) mass is 431 g/mol. The zero-order valence-corrected chi connectivity index (χ0v) is 19.6. The molecule has 0 bridgehead atoms. The maximum Gasteiger partial charge on any atom is 0.305 e. The molecule has 0 unspecified atom stereocenters. The average Bonchev–Trinajstić information content (AvgIpc) is 2.82. The zero-order valence-electron chi connectivity index (χ0n) is 19.6. The predicted octanol–water partition coefficient (Wildman–Crippen LogP) is 6.19. The normalized spacial score (nSPS) is 10.6. The van der Waals surface area contributed by atoms with Crippen molar-refractivity contribution in [2.45, 2.75) is 39.7 Å². The summed E-state index contributed by atoms with van der Waals surface area (Å²) in [6.07, 6.45) is 2.19. The Bertz CT molecular complexity index is 1030. The molecule has 3 aromatic carbocycles. The van der Waals surface area contributed by atoms with Crippen molar-refractivity contribution >= 4 is 11.7 Å². The van der Waals surface area contributed by atoms with Crippen LogP contribution in [0.25, 0.3) is 11.1 Å². The van der Waals surface area contributed by atoms with Crippen LogP contribution in [0.3, 0.4) is 0 Å². The number of carbonyl (C=O) groups is 1. The fraction of sp³-hybridized carbons (Fsp3) is 0.321. The molecule has 3 aromatic rings. The Morgan fingerprint density at radius 2 is 1.69 bits per heavy atom. The molecule has 0 aromatic heterocycles. The van der Waals surface area contributed by atoms with E-state index in [0.29, 0.717) is 19.4 Å². The molecule has 0 saturated heterocycles. The molecule has 0 fully saturated rings. The van der Waals surface area contributed by atoms with Crippen LogP contribution < -0.4 is 9.64 Å². The molecule has 32 heavy (non-hydrogen) atoms. The van der Waals surface area contributed by atoms with Gasteiger partial charge in [-0.05, 0) is 77.9 Å². The van der Waals surface area contributed by atoms with Crippen LogP contribution in [0.5, 0.6) is 5.75 Å². The standard InChI is InChI=1S/C28H33NO3/c1-5-17-29(3)27-15-12-25(18-21(27)2)24-8-6-7-23(19-24)20-32-26-13-9-22(10-14-26)11-16-28(30)31-4/h6-10,12-15,18-19H,5,11,16-17,20H2,1-4H3. The summed E-state index contributed by atoms with van der Waals surface area (Å²) in [6.45, 7) is 5.94. The highest BCUT2D eigenvalue weighted by Gasteiger charge is 2.07. The van der Waals surface area contributed by atoms with Gasteiger partial charge in [-0.3, -0.25) is 4.79 Å². The number of hydrogen-bond donors (Lipinski definition) is 0. The van der Waals surface area contributed by atoms with Crippen molar-refractivity contribution in [3.05, 3.63) is 83.4 Å². The molecule has 0 amide bonds. The van der Waals surface area contributed by atoms with Gasteiger partial charge in [0.1, 0.15) is 12.4 Å². The number of benzene rings is 3. The highest BCUT2D eigenvalue weighted by molar-refractivity contribution is 5.70. The van der Waals surface area contributed by atoms with Gasteiger partial charge in [0.15, 0.2) is 0 Å². The van der Waals surface area contributed by atoms with Gasteiger partial charge >= 0.3 is 5.97 Å². The lowest BCUT2D eigenvalue weighted by Crippen LogP contribution is -2.18. The van der Waals surface area contributed by atoms with Gasteiger partial charge in [-0.2, -0.15) is 0 Å². The van der Waals surface area contributed by atoms with E-state index in [1.807, 2.05) is 24.3 Å². The molecule has 0 saturated carbocycles. The van der Waals surface area contributed by atoms with E-state index in [1.54, 1.807) is 0 Å². The van der Waals surface area contributed by atoms with E-state index >= 15 is 0 Å². The number of methoxy groups -OCH3 is 1. The third-order valence-corrected chi connectivity index (χ3v) is 5.60. The van der Waals surface area contributed by atoms with Gasteiger partial charge in [0.05, 0.1) is 7.11 Å². The van der Waals surface area contributed by atoms with Crippen LogP contribution in [0.15, 0.2) is 66.7 Å². The number of hydrogen-bond acceptors (Lipinski definition) is 4. The molecule has 0 spiro atoms. The second kappa shape index (κ2) is 11.4. The van der Waals surface area contributed by atoms with Crippen molar-refractivity contribution in [1.82, 2.24) is 0 Å². The fourth-order valence-corrected chi connectivity index (χ4v) is 3.83. The van der Waals surface area contributed by atoms with Gasteiger partial charge in [-0.1, -0.05) is 43.3 Å². The predicted molar refractivity (Wildman–Crippen MR) is 131 cm³/mol. The number of carbonyl (C=O) groups excluding carboxylic acids is 1. The van der Waals surface area contributed by atoms with E-state index in [0.717, 1.165) is 29.8 Å². The quantitative estimate of drug-likeness (QED) is 0.359. The van der Waals surface area contributed by atoms with Crippen molar-refractivity contribution < 1.29 is 14.3 Å². The summed E-state index contributed by atoms with van der Waals surface area (Å²) >= 11 is 0. The van der Waals surface area contributed by atoms with Crippen LogP contribution in [0.1, 0.15) is 36.5 Å². The number of esters is 1. The molecule has 0 atom stereocenters. The van der Waals surface area contributed by atoms with E-state index in [1.165, 1.54) is 29.5 Å². The summed E-state index contributed by atoms with van der Waals surface area (Å²) in [6, 6.07) is 23.1. The Kier molecular flexibility index (Phi) is 8.32. The maximum absolute atomic E-state index is 11.3. The molecule has 0 aliphatic carbocycles. The van der Waals surface area contributed by atoms with Gasteiger partial charge in [-0.25, -0.2) is 0 Å². The summed E-state index contributed by atoms with van der Waals surface area (Å²) in [4.78, 5) is 13.6. The summed E-state index contributed by atoms with van der Waals surface area (Å²) < 4.78 is 10.7. The molecule has 0 aliphatic heterocycles. The molecule has 4 nitrogen and oxygen atoms in total. The van der Waals surface area contributed by atoms with E-state index in [2.05, 4.69) is 68.3 Å². The first-order valence-corrected chi connectivity index (χ1v) is 11.2. The molecule has 0 radical (unpaired) electrons. The first-order valence-electron chi connectivity index (χ1n) is 11.2.